The first-order chi connectivity index (χ1) is 9.66. The van der Waals surface area contributed by atoms with Crippen molar-refractivity contribution >= 4 is 15.9 Å². The zero-order chi connectivity index (χ0) is 16.2. The van der Waals surface area contributed by atoms with Gasteiger partial charge in [-0.05, 0) is 37.0 Å². The van der Waals surface area contributed by atoms with Crippen molar-refractivity contribution in [3.63, 3.8) is 0 Å². The summed E-state index contributed by atoms with van der Waals surface area (Å²) in [5.41, 5.74) is 1.55. The Morgan fingerprint density at radius 3 is 2.48 bits per heavy atom. The largest absolute Gasteiger partial charge is 0.384 e. The van der Waals surface area contributed by atoms with E-state index in [1.165, 1.54) is 6.07 Å². The fraction of sp³-hybridized carbons (Fsp3) is 0.500. The molecule has 7 heteroatoms. The second-order valence-electron chi connectivity index (χ2n) is 5.25. The lowest BCUT2D eigenvalue weighted by atomic mass is 10.0. The number of carbonyl (C=O) groups is 1. The quantitative estimate of drug-likeness (QED) is 0.817. The Balaban J connectivity index is 3.00. The molecule has 0 aliphatic heterocycles. The predicted molar refractivity (Wildman–Crippen MR) is 80.7 cm³/mol. The van der Waals surface area contributed by atoms with E-state index in [0.29, 0.717) is 29.8 Å². The number of aryl methyl sites for hydroxylation is 2. The standard InChI is InChI=1S/C14H22N2O4S/c1-9(8-20-4)7-16-14(17)12-6-13(21(15,18)19)11(3)5-10(12)2/h5-6,9H,7-8H2,1-4H3,(H,16,17)(H2,15,18,19). The molecule has 0 aromatic heterocycles. The van der Waals surface area contributed by atoms with Crippen LogP contribution in [0.1, 0.15) is 28.4 Å². The van der Waals surface area contributed by atoms with Crippen molar-refractivity contribution in [1.29, 1.82) is 0 Å². The molecule has 1 rings (SSSR count). The molecule has 1 unspecified atom stereocenters. The minimum Gasteiger partial charge on any atom is -0.384 e. The number of amides is 1. The Hall–Kier alpha value is -1.44. The van der Waals surface area contributed by atoms with Crippen LogP contribution in [0, 0.1) is 19.8 Å². The van der Waals surface area contributed by atoms with E-state index in [1.54, 1.807) is 27.0 Å². The summed E-state index contributed by atoms with van der Waals surface area (Å²) in [6.45, 7) is 6.34. The number of carbonyl (C=O) groups excluding carboxylic acids is 1. The van der Waals surface area contributed by atoms with Crippen LogP contribution in [0.4, 0.5) is 0 Å². The first-order valence-electron chi connectivity index (χ1n) is 6.58. The first kappa shape index (κ1) is 17.6. The number of nitrogens with one attached hydrogen (secondary N) is 1. The van der Waals surface area contributed by atoms with Crippen LogP contribution in [0.3, 0.4) is 0 Å². The Bertz CT molecular complexity index is 626. The SMILES string of the molecule is COCC(C)CNC(=O)c1cc(S(N)(=O)=O)c(C)cc1C. The maximum absolute atomic E-state index is 12.2. The van der Waals surface area contributed by atoms with E-state index in [0.717, 1.165) is 0 Å². The van der Waals surface area contributed by atoms with Crippen LogP contribution in [-0.4, -0.2) is 34.6 Å². The number of hydrogen-bond acceptors (Lipinski definition) is 4. The normalized spacial score (nSPS) is 13.0. The monoisotopic (exact) mass is 314 g/mol. The molecule has 0 bridgehead atoms. The lowest BCUT2D eigenvalue weighted by Crippen LogP contribution is -2.30. The van der Waals surface area contributed by atoms with Crippen LogP contribution in [0.15, 0.2) is 17.0 Å². The molecule has 0 radical (unpaired) electrons. The van der Waals surface area contributed by atoms with Crippen LogP contribution < -0.4 is 10.5 Å². The van der Waals surface area contributed by atoms with Crippen LogP contribution in [0.5, 0.6) is 0 Å². The molecular formula is C14H22N2O4S. The molecule has 0 saturated heterocycles. The molecule has 0 fully saturated rings. The number of nitrogens with two attached hydrogens (primary N) is 1. The first-order valence-corrected chi connectivity index (χ1v) is 8.12. The Kier molecular flexibility index (Phi) is 5.88. The highest BCUT2D eigenvalue weighted by Crippen LogP contribution is 2.19. The van der Waals surface area contributed by atoms with Gasteiger partial charge in [-0.25, -0.2) is 13.6 Å². The molecule has 3 N–H and O–H groups in total. The Morgan fingerprint density at radius 1 is 1.33 bits per heavy atom. The number of primary sulfonamides is 1. The maximum atomic E-state index is 12.2. The van der Waals surface area contributed by atoms with E-state index in [2.05, 4.69) is 5.32 Å². The van der Waals surface area contributed by atoms with E-state index >= 15 is 0 Å². The molecule has 0 spiro atoms. The van der Waals surface area contributed by atoms with Crippen molar-refractivity contribution in [2.45, 2.75) is 25.7 Å². The summed E-state index contributed by atoms with van der Waals surface area (Å²) < 4.78 is 28.0. The van der Waals surface area contributed by atoms with Gasteiger partial charge in [-0.3, -0.25) is 4.79 Å². The lowest BCUT2D eigenvalue weighted by Gasteiger charge is -2.14. The summed E-state index contributed by atoms with van der Waals surface area (Å²) in [5.74, 6) is -0.150. The topological polar surface area (TPSA) is 98.5 Å². The number of hydrogen-bond donors (Lipinski definition) is 2. The predicted octanol–water partition coefficient (Wildman–Crippen LogP) is 0.963. The van der Waals surface area contributed by atoms with Crippen molar-refractivity contribution < 1.29 is 17.9 Å². The minimum atomic E-state index is -3.85. The molecule has 1 aromatic carbocycles. The molecule has 1 atom stereocenters. The summed E-state index contributed by atoms with van der Waals surface area (Å²) in [6, 6.07) is 2.98. The molecule has 118 valence electrons. The molecule has 1 aromatic rings. The lowest BCUT2D eigenvalue weighted by molar-refractivity contribution is 0.0933. The summed E-state index contributed by atoms with van der Waals surface area (Å²) in [4.78, 5) is 12.2. The molecule has 1 amide bonds. The van der Waals surface area contributed by atoms with Crippen molar-refractivity contribution in [1.82, 2.24) is 5.32 Å². The van der Waals surface area contributed by atoms with E-state index in [1.807, 2.05) is 6.92 Å². The third-order valence-electron chi connectivity index (χ3n) is 3.14. The molecule has 0 aliphatic rings. The highest BCUT2D eigenvalue weighted by Gasteiger charge is 2.18. The highest BCUT2D eigenvalue weighted by atomic mass is 32.2. The summed E-state index contributed by atoms with van der Waals surface area (Å²) in [5, 5.41) is 7.93. The highest BCUT2D eigenvalue weighted by molar-refractivity contribution is 7.89. The van der Waals surface area contributed by atoms with Gasteiger partial charge >= 0.3 is 0 Å². The van der Waals surface area contributed by atoms with Crippen LogP contribution in [0.25, 0.3) is 0 Å². The molecule has 0 heterocycles. The van der Waals surface area contributed by atoms with E-state index in [-0.39, 0.29) is 16.7 Å². The second-order valence-corrected chi connectivity index (χ2v) is 6.78. The summed E-state index contributed by atoms with van der Waals surface area (Å²) >= 11 is 0. The number of rotatable bonds is 6. The van der Waals surface area contributed by atoms with Crippen LogP contribution in [-0.2, 0) is 14.8 Å². The van der Waals surface area contributed by atoms with Crippen molar-refractivity contribution in [3.05, 3.63) is 28.8 Å². The van der Waals surface area contributed by atoms with Gasteiger partial charge in [-0.2, -0.15) is 0 Å². The van der Waals surface area contributed by atoms with Gasteiger partial charge < -0.3 is 10.1 Å². The fourth-order valence-corrected chi connectivity index (χ4v) is 2.88. The number of ether oxygens (including phenoxy) is 1. The molecule has 21 heavy (non-hydrogen) atoms. The van der Waals surface area contributed by atoms with Gasteiger partial charge in [-0.15, -0.1) is 0 Å². The molecular weight excluding hydrogens is 292 g/mol. The number of benzene rings is 1. The zero-order valence-electron chi connectivity index (χ0n) is 12.8. The average Bonchev–Trinajstić information content (AvgIpc) is 2.34. The smallest absolute Gasteiger partial charge is 0.251 e. The van der Waals surface area contributed by atoms with Crippen molar-refractivity contribution in [3.8, 4) is 0 Å². The van der Waals surface area contributed by atoms with Gasteiger partial charge in [-0.1, -0.05) is 13.0 Å². The number of sulfonamides is 1. The second kappa shape index (κ2) is 7.02. The maximum Gasteiger partial charge on any atom is 0.251 e. The number of methoxy groups -OCH3 is 1. The van der Waals surface area contributed by atoms with E-state index in [4.69, 9.17) is 9.88 Å². The minimum absolute atomic E-state index is 0.0248. The third kappa shape index (κ3) is 4.80. The summed E-state index contributed by atoms with van der Waals surface area (Å²) in [6.07, 6.45) is 0. The summed E-state index contributed by atoms with van der Waals surface area (Å²) in [7, 11) is -2.25. The van der Waals surface area contributed by atoms with E-state index in [9.17, 15) is 13.2 Å². The Morgan fingerprint density at radius 2 is 1.95 bits per heavy atom. The van der Waals surface area contributed by atoms with Gasteiger partial charge in [0, 0.05) is 19.2 Å². The van der Waals surface area contributed by atoms with Gasteiger partial charge in [0.25, 0.3) is 5.91 Å². The molecule has 0 saturated carbocycles. The third-order valence-corrected chi connectivity index (χ3v) is 4.19. The zero-order valence-corrected chi connectivity index (χ0v) is 13.6. The molecule has 0 aliphatic carbocycles. The fourth-order valence-electron chi connectivity index (χ4n) is 2.09. The van der Waals surface area contributed by atoms with Gasteiger partial charge in [0.2, 0.25) is 10.0 Å². The Labute approximate surface area is 125 Å². The van der Waals surface area contributed by atoms with Gasteiger partial charge in [0.1, 0.15) is 0 Å². The van der Waals surface area contributed by atoms with Crippen molar-refractivity contribution in [2.75, 3.05) is 20.3 Å². The van der Waals surface area contributed by atoms with Gasteiger partial charge in [0.05, 0.1) is 11.5 Å². The van der Waals surface area contributed by atoms with E-state index < -0.39 is 10.0 Å². The average molecular weight is 314 g/mol. The van der Waals surface area contributed by atoms with Gasteiger partial charge in [0.15, 0.2) is 0 Å². The van der Waals surface area contributed by atoms with Crippen LogP contribution in [0.2, 0.25) is 0 Å². The van der Waals surface area contributed by atoms with Crippen LogP contribution >= 0.6 is 0 Å². The molecule has 6 nitrogen and oxygen atoms in total. The van der Waals surface area contributed by atoms with Crippen molar-refractivity contribution in [2.24, 2.45) is 11.1 Å².